The number of halogens is 1. The zero-order chi connectivity index (χ0) is 14.0. The van der Waals surface area contributed by atoms with Gasteiger partial charge in [-0.2, -0.15) is 0 Å². The van der Waals surface area contributed by atoms with Crippen LogP contribution in [0.15, 0.2) is 0 Å². The highest BCUT2D eigenvalue weighted by Crippen LogP contribution is 2.21. The fraction of sp³-hybridized carbons (Fsp3) is 0.857. The Morgan fingerprint density at radius 3 is 2.28 bits per heavy atom. The highest BCUT2D eigenvalue weighted by Gasteiger charge is 2.28. The molecule has 0 rings (SSSR count). The first kappa shape index (κ1) is 17.4. The van der Waals surface area contributed by atoms with Crippen molar-refractivity contribution in [3.63, 3.8) is 0 Å². The number of ketones is 1. The van der Waals surface area contributed by atoms with Crippen molar-refractivity contribution in [1.82, 2.24) is 0 Å². The topological polar surface area (TPSA) is 43.4 Å². The standard InChI is InChI=1S/C14H25ClO3/c1-4-7-9-12(16)11(8-5-2)13(6-3)18-14(17)10-15/h11,13H,4-10H2,1-3H3. The molecular formula is C14H25ClO3. The van der Waals surface area contributed by atoms with Crippen LogP contribution in [0.4, 0.5) is 0 Å². The van der Waals surface area contributed by atoms with Crippen molar-refractivity contribution >= 4 is 23.4 Å². The van der Waals surface area contributed by atoms with Crippen LogP contribution in [0.5, 0.6) is 0 Å². The van der Waals surface area contributed by atoms with Gasteiger partial charge >= 0.3 is 5.97 Å². The molecule has 0 aliphatic carbocycles. The van der Waals surface area contributed by atoms with Gasteiger partial charge in [-0.1, -0.05) is 33.6 Å². The van der Waals surface area contributed by atoms with Crippen LogP contribution in [0.3, 0.4) is 0 Å². The van der Waals surface area contributed by atoms with Crippen LogP contribution in [0.25, 0.3) is 0 Å². The van der Waals surface area contributed by atoms with Crippen LogP contribution in [-0.2, 0) is 14.3 Å². The van der Waals surface area contributed by atoms with Crippen molar-refractivity contribution in [3.8, 4) is 0 Å². The number of carbonyl (C=O) groups is 2. The van der Waals surface area contributed by atoms with E-state index in [9.17, 15) is 9.59 Å². The number of hydrogen-bond donors (Lipinski definition) is 0. The van der Waals surface area contributed by atoms with Crippen molar-refractivity contribution in [3.05, 3.63) is 0 Å². The van der Waals surface area contributed by atoms with Gasteiger partial charge in [-0.25, -0.2) is 0 Å². The van der Waals surface area contributed by atoms with Crippen molar-refractivity contribution < 1.29 is 14.3 Å². The number of carbonyl (C=O) groups excluding carboxylic acids is 2. The molecule has 0 aliphatic rings. The average molecular weight is 277 g/mol. The third-order valence-corrected chi connectivity index (χ3v) is 3.25. The first-order chi connectivity index (χ1) is 8.60. The van der Waals surface area contributed by atoms with Crippen LogP contribution >= 0.6 is 11.6 Å². The monoisotopic (exact) mass is 276 g/mol. The maximum atomic E-state index is 12.1. The number of alkyl halides is 1. The smallest absolute Gasteiger partial charge is 0.321 e. The summed E-state index contributed by atoms with van der Waals surface area (Å²) in [5, 5.41) is 0. The van der Waals surface area contributed by atoms with E-state index in [0.717, 1.165) is 25.7 Å². The van der Waals surface area contributed by atoms with Crippen LogP contribution in [0, 0.1) is 5.92 Å². The van der Waals surface area contributed by atoms with E-state index in [2.05, 4.69) is 6.92 Å². The second kappa shape index (κ2) is 10.4. The molecule has 0 aliphatic heterocycles. The summed E-state index contributed by atoms with van der Waals surface area (Å²) in [6.45, 7) is 6.03. The van der Waals surface area contributed by atoms with E-state index in [1.807, 2.05) is 13.8 Å². The Labute approximate surface area is 115 Å². The first-order valence-corrected chi connectivity index (χ1v) is 7.42. The van der Waals surface area contributed by atoms with Gasteiger partial charge in [0.05, 0.1) is 5.92 Å². The molecule has 2 atom stereocenters. The third kappa shape index (κ3) is 6.39. The molecule has 2 unspecified atom stereocenters. The Bertz CT molecular complexity index is 253. The van der Waals surface area contributed by atoms with Gasteiger partial charge in [-0.05, 0) is 19.3 Å². The molecule has 0 heterocycles. The molecule has 0 N–H and O–H groups in total. The molecule has 4 heteroatoms. The van der Waals surface area contributed by atoms with Gasteiger partial charge in [-0.3, -0.25) is 9.59 Å². The minimum Gasteiger partial charge on any atom is -0.461 e. The summed E-state index contributed by atoms with van der Waals surface area (Å²) in [6, 6.07) is 0. The van der Waals surface area contributed by atoms with Crippen LogP contribution in [0.2, 0.25) is 0 Å². The Hall–Kier alpha value is -0.570. The Morgan fingerprint density at radius 2 is 1.83 bits per heavy atom. The molecule has 0 amide bonds. The molecule has 0 saturated heterocycles. The molecule has 106 valence electrons. The lowest BCUT2D eigenvalue weighted by Gasteiger charge is -2.24. The molecule has 0 aromatic rings. The molecule has 3 nitrogen and oxygen atoms in total. The lowest BCUT2D eigenvalue weighted by molar-refractivity contribution is -0.151. The molecule has 0 aromatic carbocycles. The lowest BCUT2D eigenvalue weighted by Crippen LogP contribution is -2.32. The van der Waals surface area contributed by atoms with Crippen molar-refractivity contribution in [2.75, 3.05) is 5.88 Å². The summed E-state index contributed by atoms with van der Waals surface area (Å²) in [7, 11) is 0. The highest BCUT2D eigenvalue weighted by atomic mass is 35.5. The largest absolute Gasteiger partial charge is 0.461 e. The van der Waals surface area contributed by atoms with Gasteiger partial charge in [0.15, 0.2) is 0 Å². The fourth-order valence-electron chi connectivity index (χ4n) is 2.05. The number of esters is 1. The molecule has 0 fully saturated rings. The van der Waals surface area contributed by atoms with Gasteiger partial charge in [0.1, 0.15) is 17.8 Å². The second-order valence-corrected chi connectivity index (χ2v) is 4.80. The Balaban J connectivity index is 4.59. The molecule has 0 saturated carbocycles. The van der Waals surface area contributed by atoms with Crippen LogP contribution in [-0.4, -0.2) is 23.7 Å². The second-order valence-electron chi connectivity index (χ2n) is 4.54. The number of Topliss-reactive ketones (excluding diaryl/α,β-unsaturated/α-hetero) is 1. The van der Waals surface area contributed by atoms with Crippen LogP contribution < -0.4 is 0 Å². The molecular weight excluding hydrogens is 252 g/mol. The van der Waals surface area contributed by atoms with E-state index in [1.54, 1.807) is 0 Å². The van der Waals surface area contributed by atoms with Crippen molar-refractivity contribution in [1.29, 1.82) is 0 Å². The highest BCUT2D eigenvalue weighted by molar-refractivity contribution is 6.26. The predicted octanol–water partition coefficient (Wildman–Crippen LogP) is 3.72. The van der Waals surface area contributed by atoms with E-state index in [-0.39, 0.29) is 23.7 Å². The van der Waals surface area contributed by atoms with Crippen LogP contribution in [0.1, 0.15) is 59.3 Å². The van der Waals surface area contributed by atoms with E-state index >= 15 is 0 Å². The SMILES string of the molecule is CCCCC(=O)C(CCC)C(CC)OC(=O)CCl. The third-order valence-electron chi connectivity index (χ3n) is 3.03. The number of ether oxygens (including phenoxy) is 1. The van der Waals surface area contributed by atoms with E-state index in [4.69, 9.17) is 16.3 Å². The van der Waals surface area contributed by atoms with Crippen molar-refractivity contribution in [2.45, 2.75) is 65.4 Å². The minimum absolute atomic E-state index is 0.154. The lowest BCUT2D eigenvalue weighted by atomic mass is 9.88. The van der Waals surface area contributed by atoms with E-state index < -0.39 is 5.97 Å². The summed E-state index contributed by atoms with van der Waals surface area (Å²) >= 11 is 5.44. The van der Waals surface area contributed by atoms with Gasteiger partial charge in [0.2, 0.25) is 0 Å². The van der Waals surface area contributed by atoms with Gasteiger partial charge in [0.25, 0.3) is 0 Å². The van der Waals surface area contributed by atoms with Gasteiger partial charge in [-0.15, -0.1) is 11.6 Å². The van der Waals surface area contributed by atoms with Crippen molar-refractivity contribution in [2.24, 2.45) is 5.92 Å². The zero-order valence-corrected chi connectivity index (χ0v) is 12.5. The quantitative estimate of drug-likeness (QED) is 0.451. The summed E-state index contributed by atoms with van der Waals surface area (Å²) in [6.07, 6.45) is 4.51. The van der Waals surface area contributed by atoms with Gasteiger partial charge in [0, 0.05) is 6.42 Å². The Morgan fingerprint density at radius 1 is 1.17 bits per heavy atom. The predicted molar refractivity (Wildman–Crippen MR) is 73.8 cm³/mol. The maximum Gasteiger partial charge on any atom is 0.321 e. The molecule has 0 spiro atoms. The first-order valence-electron chi connectivity index (χ1n) is 6.88. The van der Waals surface area contributed by atoms with E-state index in [1.165, 1.54) is 0 Å². The Kier molecular flexibility index (Phi) is 10.0. The number of rotatable bonds is 10. The summed E-state index contributed by atoms with van der Waals surface area (Å²) in [4.78, 5) is 23.4. The molecule has 0 aromatic heterocycles. The molecule has 0 bridgehead atoms. The normalized spacial score (nSPS) is 14.0. The number of hydrogen-bond acceptors (Lipinski definition) is 3. The summed E-state index contributed by atoms with van der Waals surface area (Å²) in [5.74, 6) is -0.544. The summed E-state index contributed by atoms with van der Waals surface area (Å²) in [5.41, 5.74) is 0. The summed E-state index contributed by atoms with van der Waals surface area (Å²) < 4.78 is 5.27. The van der Waals surface area contributed by atoms with E-state index in [0.29, 0.717) is 12.8 Å². The number of unbranched alkanes of at least 4 members (excludes halogenated alkanes) is 1. The maximum absolute atomic E-state index is 12.1. The fourth-order valence-corrected chi connectivity index (χ4v) is 2.11. The minimum atomic E-state index is -0.437. The molecule has 18 heavy (non-hydrogen) atoms. The molecule has 0 radical (unpaired) electrons. The van der Waals surface area contributed by atoms with Gasteiger partial charge < -0.3 is 4.74 Å². The zero-order valence-electron chi connectivity index (χ0n) is 11.7. The average Bonchev–Trinajstić information content (AvgIpc) is 2.39.